The predicted octanol–water partition coefficient (Wildman–Crippen LogP) is 2.82. The minimum atomic E-state index is -0.449. The molecular weight excluding hydrogens is 399 g/mol. The molecule has 1 aromatic heterocycles. The summed E-state index contributed by atoms with van der Waals surface area (Å²) >= 11 is 0. The number of halogens is 1. The van der Waals surface area contributed by atoms with Gasteiger partial charge in [-0.2, -0.15) is 0 Å². The number of nitrogen functional groups attached to an aromatic ring is 1. The summed E-state index contributed by atoms with van der Waals surface area (Å²) in [7, 11) is 0. The number of benzene rings is 3. The van der Waals surface area contributed by atoms with E-state index in [2.05, 4.69) is 5.32 Å². The summed E-state index contributed by atoms with van der Waals surface area (Å²) in [4.78, 5) is 25.3. The number of hydrogen-bond donors (Lipinski definition) is 3. The molecule has 0 aliphatic carbocycles. The van der Waals surface area contributed by atoms with Crippen LogP contribution < -0.4 is 16.7 Å². The number of imidazole rings is 1. The highest BCUT2D eigenvalue weighted by atomic mass is 19.1. The zero-order valence-electron chi connectivity index (χ0n) is 16.6. The zero-order chi connectivity index (χ0) is 22.0. The summed E-state index contributed by atoms with van der Waals surface area (Å²) in [6.45, 7) is 0.118. The van der Waals surface area contributed by atoms with Crippen LogP contribution in [0.4, 0.5) is 15.8 Å². The number of aliphatic hydroxyl groups is 1. The largest absolute Gasteiger partial charge is 0.397 e. The van der Waals surface area contributed by atoms with Crippen LogP contribution in [0.1, 0.15) is 15.9 Å². The number of amides is 1. The first-order valence-electron chi connectivity index (χ1n) is 9.72. The Hall–Kier alpha value is -3.91. The summed E-state index contributed by atoms with van der Waals surface area (Å²) in [6.07, 6.45) is 0. The number of rotatable bonds is 6. The molecule has 0 fully saturated rings. The first kappa shape index (κ1) is 20.4. The molecule has 31 heavy (non-hydrogen) atoms. The number of aromatic nitrogens is 2. The Morgan fingerprint density at radius 2 is 1.74 bits per heavy atom. The van der Waals surface area contributed by atoms with E-state index in [-0.39, 0.29) is 31.3 Å². The van der Waals surface area contributed by atoms with Crippen LogP contribution in [0.2, 0.25) is 0 Å². The van der Waals surface area contributed by atoms with Crippen LogP contribution >= 0.6 is 0 Å². The summed E-state index contributed by atoms with van der Waals surface area (Å²) in [5, 5.41) is 12.0. The Morgan fingerprint density at radius 1 is 1.00 bits per heavy atom. The lowest BCUT2D eigenvalue weighted by Crippen LogP contribution is -2.25. The molecule has 0 spiro atoms. The van der Waals surface area contributed by atoms with Gasteiger partial charge in [-0.25, -0.2) is 9.18 Å². The van der Waals surface area contributed by atoms with Crippen molar-refractivity contribution in [2.24, 2.45) is 0 Å². The number of anilines is 2. The summed E-state index contributed by atoms with van der Waals surface area (Å²) < 4.78 is 16.7. The Kier molecular flexibility index (Phi) is 5.55. The summed E-state index contributed by atoms with van der Waals surface area (Å²) in [6, 6.07) is 17.9. The molecule has 3 aromatic carbocycles. The van der Waals surface area contributed by atoms with Gasteiger partial charge in [0, 0.05) is 5.56 Å². The monoisotopic (exact) mass is 420 g/mol. The van der Waals surface area contributed by atoms with Gasteiger partial charge in [-0.05, 0) is 48.0 Å². The Bertz CT molecular complexity index is 1310. The van der Waals surface area contributed by atoms with E-state index in [4.69, 9.17) is 5.73 Å². The average molecular weight is 420 g/mol. The number of hydrogen-bond acceptors (Lipinski definition) is 4. The first-order chi connectivity index (χ1) is 15.0. The smallest absolute Gasteiger partial charge is 0.329 e. The minimum absolute atomic E-state index is 0.121. The van der Waals surface area contributed by atoms with E-state index in [0.717, 1.165) is 5.56 Å². The normalized spacial score (nSPS) is 11.0. The lowest BCUT2D eigenvalue weighted by molar-refractivity contribution is 0.102. The highest BCUT2D eigenvalue weighted by molar-refractivity contribution is 6.05. The topological polar surface area (TPSA) is 102 Å². The van der Waals surface area contributed by atoms with E-state index < -0.39 is 5.82 Å². The van der Waals surface area contributed by atoms with Gasteiger partial charge in [0.15, 0.2) is 0 Å². The van der Waals surface area contributed by atoms with Crippen molar-refractivity contribution in [1.29, 1.82) is 0 Å². The molecule has 8 heteroatoms. The van der Waals surface area contributed by atoms with Crippen molar-refractivity contribution in [3.63, 3.8) is 0 Å². The van der Waals surface area contributed by atoms with Crippen molar-refractivity contribution in [2.45, 2.75) is 13.1 Å². The fourth-order valence-electron chi connectivity index (χ4n) is 3.51. The van der Waals surface area contributed by atoms with Crippen molar-refractivity contribution in [1.82, 2.24) is 9.13 Å². The Labute approximate surface area is 177 Å². The number of carbonyl (C=O) groups is 1. The predicted molar refractivity (Wildman–Crippen MR) is 118 cm³/mol. The molecule has 4 aromatic rings. The molecule has 0 unspecified atom stereocenters. The molecule has 0 aliphatic rings. The van der Waals surface area contributed by atoms with Gasteiger partial charge in [0.25, 0.3) is 5.91 Å². The third kappa shape index (κ3) is 4.06. The molecule has 0 bridgehead atoms. The molecule has 158 valence electrons. The number of nitrogens with zero attached hydrogens (tertiary/aromatic N) is 2. The molecule has 0 radical (unpaired) electrons. The molecule has 0 atom stereocenters. The first-order valence-corrected chi connectivity index (χ1v) is 9.72. The van der Waals surface area contributed by atoms with Crippen LogP contribution in [0.5, 0.6) is 0 Å². The maximum absolute atomic E-state index is 13.8. The van der Waals surface area contributed by atoms with Gasteiger partial charge in [-0.1, -0.05) is 24.3 Å². The van der Waals surface area contributed by atoms with Crippen molar-refractivity contribution in [3.8, 4) is 0 Å². The number of para-hydroxylation sites is 2. The third-order valence-electron chi connectivity index (χ3n) is 5.07. The molecule has 0 saturated heterocycles. The fourth-order valence-corrected chi connectivity index (χ4v) is 3.51. The van der Waals surface area contributed by atoms with Gasteiger partial charge < -0.3 is 16.2 Å². The molecule has 0 aliphatic heterocycles. The van der Waals surface area contributed by atoms with Crippen LogP contribution in [0.25, 0.3) is 11.0 Å². The number of fused-ring (bicyclic) bond motifs is 1. The Balaban J connectivity index is 1.60. The fraction of sp³-hybridized carbons (Fsp3) is 0.130. The van der Waals surface area contributed by atoms with Crippen LogP contribution in [0, 0.1) is 5.82 Å². The van der Waals surface area contributed by atoms with Crippen LogP contribution in [0.15, 0.2) is 71.5 Å². The zero-order valence-corrected chi connectivity index (χ0v) is 16.6. The maximum atomic E-state index is 13.8. The van der Waals surface area contributed by atoms with Gasteiger partial charge in [0.2, 0.25) is 0 Å². The van der Waals surface area contributed by atoms with Crippen LogP contribution in [-0.2, 0) is 13.1 Å². The lowest BCUT2D eigenvalue weighted by Gasteiger charge is -2.09. The second-order valence-corrected chi connectivity index (χ2v) is 7.12. The second kappa shape index (κ2) is 8.45. The molecule has 7 nitrogen and oxygen atoms in total. The molecular formula is C23H21FN4O3. The van der Waals surface area contributed by atoms with Crippen molar-refractivity contribution < 1.29 is 14.3 Å². The van der Waals surface area contributed by atoms with Crippen LogP contribution in [-0.4, -0.2) is 26.8 Å². The third-order valence-corrected chi connectivity index (χ3v) is 5.07. The number of carbonyl (C=O) groups excluding carboxylic acids is 1. The second-order valence-electron chi connectivity index (χ2n) is 7.12. The van der Waals surface area contributed by atoms with Gasteiger partial charge in [0.05, 0.1) is 42.1 Å². The van der Waals surface area contributed by atoms with Crippen LogP contribution in [0.3, 0.4) is 0 Å². The summed E-state index contributed by atoms with van der Waals surface area (Å²) in [5.41, 5.74) is 8.73. The van der Waals surface area contributed by atoms with Gasteiger partial charge in [-0.15, -0.1) is 0 Å². The Morgan fingerprint density at radius 3 is 2.45 bits per heavy atom. The van der Waals surface area contributed by atoms with Gasteiger partial charge in [-0.3, -0.25) is 13.9 Å². The average Bonchev–Trinajstić information content (AvgIpc) is 3.01. The maximum Gasteiger partial charge on any atom is 0.329 e. The molecule has 1 amide bonds. The van der Waals surface area contributed by atoms with E-state index in [9.17, 15) is 19.1 Å². The van der Waals surface area contributed by atoms with Crippen molar-refractivity contribution in [3.05, 3.63) is 94.2 Å². The van der Waals surface area contributed by atoms with Gasteiger partial charge >= 0.3 is 5.69 Å². The lowest BCUT2D eigenvalue weighted by atomic mass is 10.1. The number of aliphatic hydroxyl groups excluding tert-OH is 1. The van der Waals surface area contributed by atoms with E-state index >= 15 is 0 Å². The number of nitrogens with one attached hydrogen (secondary N) is 1. The van der Waals surface area contributed by atoms with E-state index in [1.54, 1.807) is 48.5 Å². The summed E-state index contributed by atoms with van der Waals surface area (Å²) in [5.74, 6) is -0.752. The molecule has 1 heterocycles. The number of nitrogens with two attached hydrogens (primary N) is 1. The van der Waals surface area contributed by atoms with Gasteiger partial charge in [0.1, 0.15) is 5.82 Å². The molecule has 4 rings (SSSR count). The van der Waals surface area contributed by atoms with E-state index in [1.807, 2.05) is 0 Å². The molecule has 0 saturated carbocycles. The van der Waals surface area contributed by atoms with E-state index in [0.29, 0.717) is 28.0 Å². The molecule has 4 N–H and O–H groups in total. The van der Waals surface area contributed by atoms with Crippen molar-refractivity contribution >= 4 is 28.3 Å². The highest BCUT2D eigenvalue weighted by Crippen LogP contribution is 2.19. The highest BCUT2D eigenvalue weighted by Gasteiger charge is 2.14. The standard InChI is InChI=1S/C23H21FN4O3/c24-17-9-10-20-21(13-17)28(23(31)27(20)11-12-29)14-15-5-7-16(8-6-15)22(30)26-19-4-2-1-3-18(19)25/h1-10,13,29H,11-12,14,25H2,(H,26,30). The quantitative estimate of drug-likeness (QED) is 0.418. The van der Waals surface area contributed by atoms with Crippen molar-refractivity contribution in [2.75, 3.05) is 17.7 Å². The minimum Gasteiger partial charge on any atom is -0.397 e. The van der Waals surface area contributed by atoms with E-state index in [1.165, 1.54) is 27.3 Å². The SMILES string of the molecule is Nc1ccccc1NC(=O)c1ccc(Cn2c(=O)n(CCO)c3ccc(F)cc32)cc1.